The SMILES string of the molecule is Cc1occc1Sc1cc(C(=O)O)c2ccccc2n1. The fraction of sp³-hybridized carbons (Fsp3) is 0.0667. The first-order chi connectivity index (χ1) is 9.65. The summed E-state index contributed by atoms with van der Waals surface area (Å²) in [5, 5.41) is 10.6. The Kier molecular flexibility index (Phi) is 3.20. The summed E-state index contributed by atoms with van der Waals surface area (Å²) in [4.78, 5) is 16.8. The number of furan rings is 1. The Hall–Kier alpha value is -2.27. The van der Waals surface area contributed by atoms with Gasteiger partial charge in [0.25, 0.3) is 0 Å². The van der Waals surface area contributed by atoms with E-state index in [9.17, 15) is 9.90 Å². The van der Waals surface area contributed by atoms with E-state index in [4.69, 9.17) is 4.42 Å². The number of nitrogens with zero attached hydrogens (tertiary/aromatic N) is 1. The molecule has 2 aromatic heterocycles. The van der Waals surface area contributed by atoms with Crippen LogP contribution in [0.1, 0.15) is 16.1 Å². The molecular formula is C15H11NO3S. The Morgan fingerprint density at radius 3 is 2.80 bits per heavy atom. The number of aromatic nitrogens is 1. The lowest BCUT2D eigenvalue weighted by molar-refractivity contribution is 0.0698. The van der Waals surface area contributed by atoms with E-state index in [0.717, 1.165) is 10.7 Å². The first-order valence-electron chi connectivity index (χ1n) is 6.00. The van der Waals surface area contributed by atoms with Crippen LogP contribution in [-0.4, -0.2) is 16.1 Å². The van der Waals surface area contributed by atoms with Gasteiger partial charge >= 0.3 is 5.97 Å². The number of aryl methyl sites for hydroxylation is 1. The third-order valence-electron chi connectivity index (χ3n) is 2.95. The quantitative estimate of drug-likeness (QED) is 0.788. The Balaban J connectivity index is 2.12. The third kappa shape index (κ3) is 2.28. The highest BCUT2D eigenvalue weighted by molar-refractivity contribution is 7.99. The van der Waals surface area contributed by atoms with Gasteiger partial charge in [-0.05, 0) is 25.1 Å². The lowest BCUT2D eigenvalue weighted by atomic mass is 10.1. The number of hydrogen-bond donors (Lipinski definition) is 1. The molecule has 4 nitrogen and oxygen atoms in total. The van der Waals surface area contributed by atoms with Crippen molar-refractivity contribution >= 4 is 28.6 Å². The molecule has 0 bridgehead atoms. The second kappa shape index (κ2) is 5.02. The number of carbonyl (C=O) groups is 1. The van der Waals surface area contributed by atoms with E-state index in [-0.39, 0.29) is 5.56 Å². The normalized spacial score (nSPS) is 10.8. The topological polar surface area (TPSA) is 63.3 Å². The van der Waals surface area contributed by atoms with Gasteiger partial charge in [0, 0.05) is 5.39 Å². The van der Waals surface area contributed by atoms with Crippen LogP contribution in [-0.2, 0) is 0 Å². The van der Waals surface area contributed by atoms with Crippen molar-refractivity contribution in [3.05, 3.63) is 54.0 Å². The molecule has 0 fully saturated rings. The fourth-order valence-corrected chi connectivity index (χ4v) is 2.83. The largest absolute Gasteiger partial charge is 0.478 e. The Bertz CT molecular complexity index is 795. The summed E-state index contributed by atoms with van der Waals surface area (Å²) >= 11 is 1.40. The molecule has 0 aliphatic carbocycles. The fourth-order valence-electron chi connectivity index (χ4n) is 1.97. The van der Waals surface area contributed by atoms with Crippen molar-refractivity contribution < 1.29 is 14.3 Å². The lowest BCUT2D eigenvalue weighted by Crippen LogP contribution is -1.99. The first kappa shape index (κ1) is 12.7. The van der Waals surface area contributed by atoms with Gasteiger partial charge in [-0.2, -0.15) is 0 Å². The molecule has 5 heteroatoms. The summed E-state index contributed by atoms with van der Waals surface area (Å²) in [6.45, 7) is 1.86. The molecule has 0 saturated heterocycles. The number of rotatable bonds is 3. The van der Waals surface area contributed by atoms with Gasteiger partial charge in [-0.15, -0.1) is 0 Å². The molecular weight excluding hydrogens is 274 g/mol. The van der Waals surface area contributed by atoms with E-state index in [1.54, 1.807) is 18.4 Å². The molecule has 2 heterocycles. The Labute approximate surface area is 119 Å². The second-order valence-electron chi connectivity index (χ2n) is 4.27. The van der Waals surface area contributed by atoms with E-state index < -0.39 is 5.97 Å². The van der Waals surface area contributed by atoms with Gasteiger partial charge in [-0.25, -0.2) is 9.78 Å². The minimum absolute atomic E-state index is 0.263. The van der Waals surface area contributed by atoms with Crippen LogP contribution >= 0.6 is 11.8 Å². The highest BCUT2D eigenvalue weighted by atomic mass is 32.2. The first-order valence-corrected chi connectivity index (χ1v) is 6.82. The van der Waals surface area contributed by atoms with Crippen LogP contribution in [0.15, 0.2) is 57.0 Å². The highest BCUT2D eigenvalue weighted by Crippen LogP contribution is 2.32. The van der Waals surface area contributed by atoms with Crippen molar-refractivity contribution in [3.63, 3.8) is 0 Å². The van der Waals surface area contributed by atoms with Gasteiger partial charge in [-0.1, -0.05) is 30.0 Å². The van der Waals surface area contributed by atoms with Gasteiger partial charge in [0.1, 0.15) is 10.8 Å². The number of carboxylic acids is 1. The summed E-state index contributed by atoms with van der Waals surface area (Å²) < 4.78 is 5.24. The highest BCUT2D eigenvalue weighted by Gasteiger charge is 2.13. The molecule has 100 valence electrons. The summed E-state index contributed by atoms with van der Waals surface area (Å²) in [5.74, 6) is -0.156. The minimum Gasteiger partial charge on any atom is -0.478 e. The molecule has 0 amide bonds. The molecule has 0 spiro atoms. The molecule has 20 heavy (non-hydrogen) atoms. The van der Waals surface area contributed by atoms with Crippen LogP contribution < -0.4 is 0 Å². The smallest absolute Gasteiger partial charge is 0.336 e. The van der Waals surface area contributed by atoms with Gasteiger partial charge in [0.2, 0.25) is 0 Å². The summed E-state index contributed by atoms with van der Waals surface area (Å²) in [6, 6.07) is 10.7. The van der Waals surface area contributed by atoms with Crippen LogP contribution in [0.4, 0.5) is 0 Å². The predicted molar refractivity (Wildman–Crippen MR) is 76.3 cm³/mol. The van der Waals surface area contributed by atoms with Crippen molar-refractivity contribution in [1.29, 1.82) is 0 Å². The molecule has 0 saturated carbocycles. The molecule has 0 aliphatic rings. The van der Waals surface area contributed by atoms with Crippen molar-refractivity contribution in [2.45, 2.75) is 16.8 Å². The maximum absolute atomic E-state index is 11.4. The zero-order valence-electron chi connectivity index (χ0n) is 10.7. The number of pyridine rings is 1. The molecule has 0 radical (unpaired) electrons. The van der Waals surface area contributed by atoms with Crippen molar-refractivity contribution in [2.24, 2.45) is 0 Å². The Morgan fingerprint density at radius 2 is 2.10 bits per heavy atom. The molecule has 3 rings (SSSR count). The standard InChI is InChI=1S/C15H11NO3S/c1-9-13(6-7-19-9)20-14-8-11(15(17)18)10-4-2-3-5-12(10)16-14/h2-8H,1H3,(H,17,18). The van der Waals surface area contributed by atoms with Crippen LogP contribution in [0.2, 0.25) is 0 Å². The minimum atomic E-state index is -0.950. The summed E-state index contributed by atoms with van der Waals surface area (Å²) in [6.07, 6.45) is 1.61. The maximum atomic E-state index is 11.4. The number of para-hydroxylation sites is 1. The number of aromatic carboxylic acids is 1. The summed E-state index contributed by atoms with van der Waals surface area (Å²) in [7, 11) is 0. The van der Waals surface area contributed by atoms with E-state index in [1.165, 1.54) is 11.8 Å². The van der Waals surface area contributed by atoms with Gasteiger partial charge in [-0.3, -0.25) is 0 Å². The molecule has 1 aromatic carbocycles. The number of benzene rings is 1. The number of hydrogen-bond acceptors (Lipinski definition) is 4. The van der Waals surface area contributed by atoms with E-state index >= 15 is 0 Å². The lowest BCUT2D eigenvalue weighted by Gasteiger charge is -2.06. The van der Waals surface area contributed by atoms with E-state index in [1.807, 2.05) is 31.2 Å². The molecule has 1 N–H and O–H groups in total. The maximum Gasteiger partial charge on any atom is 0.336 e. The van der Waals surface area contributed by atoms with Gasteiger partial charge in [0.15, 0.2) is 0 Å². The van der Waals surface area contributed by atoms with Gasteiger partial charge < -0.3 is 9.52 Å². The van der Waals surface area contributed by atoms with E-state index in [2.05, 4.69) is 4.98 Å². The number of carboxylic acid groups (broad SMARTS) is 1. The van der Waals surface area contributed by atoms with E-state index in [0.29, 0.717) is 15.9 Å². The molecule has 0 aliphatic heterocycles. The second-order valence-corrected chi connectivity index (χ2v) is 5.34. The molecule has 3 aromatic rings. The van der Waals surface area contributed by atoms with Crippen LogP contribution in [0.5, 0.6) is 0 Å². The average molecular weight is 285 g/mol. The van der Waals surface area contributed by atoms with Crippen molar-refractivity contribution in [1.82, 2.24) is 4.98 Å². The van der Waals surface area contributed by atoms with Crippen LogP contribution in [0.25, 0.3) is 10.9 Å². The summed E-state index contributed by atoms with van der Waals surface area (Å²) in [5.41, 5.74) is 0.940. The Morgan fingerprint density at radius 1 is 1.30 bits per heavy atom. The molecule has 0 unspecified atom stereocenters. The van der Waals surface area contributed by atoms with Crippen molar-refractivity contribution in [2.75, 3.05) is 0 Å². The van der Waals surface area contributed by atoms with Crippen LogP contribution in [0, 0.1) is 6.92 Å². The number of fused-ring (bicyclic) bond motifs is 1. The third-order valence-corrected chi connectivity index (χ3v) is 4.01. The molecule has 0 atom stereocenters. The van der Waals surface area contributed by atoms with Crippen LogP contribution in [0.3, 0.4) is 0 Å². The van der Waals surface area contributed by atoms with Crippen molar-refractivity contribution in [3.8, 4) is 0 Å². The monoisotopic (exact) mass is 285 g/mol. The average Bonchev–Trinajstić information content (AvgIpc) is 2.83. The predicted octanol–water partition coefficient (Wildman–Crippen LogP) is 3.99. The zero-order chi connectivity index (χ0) is 14.1. The zero-order valence-corrected chi connectivity index (χ0v) is 11.5. The van der Waals surface area contributed by atoms with Gasteiger partial charge in [0.05, 0.1) is 22.2 Å².